The van der Waals surface area contributed by atoms with Gasteiger partial charge >= 0.3 is 6.18 Å². The van der Waals surface area contributed by atoms with Gasteiger partial charge in [-0.2, -0.15) is 13.2 Å². The lowest BCUT2D eigenvalue weighted by Gasteiger charge is -2.37. The van der Waals surface area contributed by atoms with Crippen molar-refractivity contribution in [1.82, 2.24) is 4.90 Å². The summed E-state index contributed by atoms with van der Waals surface area (Å²) >= 11 is 0. The minimum absolute atomic E-state index is 0.376. The Balaban J connectivity index is 1.87. The first-order valence-corrected chi connectivity index (χ1v) is 8.60. The van der Waals surface area contributed by atoms with Crippen molar-refractivity contribution in [1.29, 1.82) is 0 Å². The van der Waals surface area contributed by atoms with Crippen molar-refractivity contribution in [2.24, 2.45) is 10.7 Å². The van der Waals surface area contributed by atoms with Gasteiger partial charge in [-0.15, -0.1) is 0 Å². The van der Waals surface area contributed by atoms with Gasteiger partial charge in [-0.25, -0.2) is 0 Å². The molecule has 0 bridgehead atoms. The number of benzene rings is 1. The largest absolute Gasteiger partial charge is 0.416 e. The second kappa shape index (κ2) is 6.86. The predicted octanol–water partition coefficient (Wildman–Crippen LogP) is 3.16. The van der Waals surface area contributed by atoms with Crippen LogP contribution in [-0.4, -0.2) is 43.7 Å². The van der Waals surface area contributed by atoms with Gasteiger partial charge in [0.2, 0.25) is 0 Å². The molecule has 1 saturated heterocycles. The van der Waals surface area contributed by atoms with Gasteiger partial charge in [0.15, 0.2) is 5.96 Å². The molecule has 0 atom stereocenters. The first-order chi connectivity index (χ1) is 11.8. The minimum atomic E-state index is -4.35. The minimum Gasteiger partial charge on any atom is -0.381 e. The number of rotatable bonds is 4. The van der Waals surface area contributed by atoms with Crippen LogP contribution >= 0.6 is 0 Å². The molecule has 2 fully saturated rings. The average molecular weight is 355 g/mol. The topological polar surface area (TPSA) is 50.8 Å². The average Bonchev–Trinajstić information content (AvgIpc) is 3.44. The second-order valence-electron chi connectivity index (χ2n) is 6.99. The lowest BCUT2D eigenvalue weighted by Crippen LogP contribution is -2.40. The van der Waals surface area contributed by atoms with Crippen molar-refractivity contribution < 1.29 is 17.9 Å². The fourth-order valence-electron chi connectivity index (χ4n) is 3.32. The summed E-state index contributed by atoms with van der Waals surface area (Å²) in [6.07, 6.45) is -0.855. The number of hydrogen-bond donors (Lipinski definition) is 1. The van der Waals surface area contributed by atoms with Gasteiger partial charge in [-0.05, 0) is 37.3 Å². The van der Waals surface area contributed by atoms with Crippen molar-refractivity contribution in [3.05, 3.63) is 35.4 Å². The van der Waals surface area contributed by atoms with Crippen LogP contribution in [0, 0.1) is 0 Å². The molecule has 7 heteroatoms. The van der Waals surface area contributed by atoms with Crippen LogP contribution in [0.25, 0.3) is 0 Å². The van der Waals surface area contributed by atoms with E-state index in [0.29, 0.717) is 50.2 Å². The van der Waals surface area contributed by atoms with Crippen LogP contribution in [0.3, 0.4) is 0 Å². The maximum absolute atomic E-state index is 13.1. The van der Waals surface area contributed by atoms with Gasteiger partial charge in [0, 0.05) is 31.7 Å². The van der Waals surface area contributed by atoms with Crippen molar-refractivity contribution in [3.8, 4) is 0 Å². The Bertz CT molecular complexity index is 635. The number of guanidine groups is 1. The van der Waals surface area contributed by atoms with E-state index in [1.807, 2.05) is 11.9 Å². The Morgan fingerprint density at radius 2 is 2.00 bits per heavy atom. The zero-order chi connectivity index (χ0) is 18.1. The number of hydrogen-bond acceptors (Lipinski definition) is 2. The quantitative estimate of drug-likeness (QED) is 0.667. The molecule has 1 aromatic carbocycles. The molecule has 0 aromatic heterocycles. The van der Waals surface area contributed by atoms with E-state index in [-0.39, 0.29) is 0 Å². The Morgan fingerprint density at radius 3 is 2.60 bits per heavy atom. The Labute approximate surface area is 145 Å². The molecule has 1 saturated carbocycles. The van der Waals surface area contributed by atoms with Crippen LogP contribution in [0.5, 0.6) is 0 Å². The molecular weight excluding hydrogens is 331 g/mol. The maximum Gasteiger partial charge on any atom is 0.416 e. The van der Waals surface area contributed by atoms with Crippen LogP contribution < -0.4 is 5.73 Å². The van der Waals surface area contributed by atoms with Gasteiger partial charge in [0.1, 0.15) is 0 Å². The van der Waals surface area contributed by atoms with Gasteiger partial charge in [0.05, 0.1) is 12.1 Å². The van der Waals surface area contributed by atoms with Gasteiger partial charge < -0.3 is 15.4 Å². The first kappa shape index (κ1) is 18.0. The van der Waals surface area contributed by atoms with Gasteiger partial charge in [-0.3, -0.25) is 4.99 Å². The normalized spacial score (nSPS) is 21.2. The van der Waals surface area contributed by atoms with E-state index in [1.165, 1.54) is 12.1 Å². The van der Waals surface area contributed by atoms with Crippen LogP contribution in [0.4, 0.5) is 13.2 Å². The van der Waals surface area contributed by atoms with E-state index in [9.17, 15) is 13.2 Å². The summed E-state index contributed by atoms with van der Waals surface area (Å²) in [5.41, 5.74) is 5.65. The van der Waals surface area contributed by atoms with Crippen molar-refractivity contribution >= 4 is 5.96 Å². The highest BCUT2D eigenvalue weighted by Gasteiger charge is 2.37. The molecule has 2 N–H and O–H groups in total. The summed E-state index contributed by atoms with van der Waals surface area (Å²) in [5.74, 6) is 0.459. The zero-order valence-corrected chi connectivity index (χ0v) is 14.4. The molecular formula is C18H24F3N3O. The smallest absolute Gasteiger partial charge is 0.381 e. The Morgan fingerprint density at radius 1 is 1.32 bits per heavy atom. The third-order valence-electron chi connectivity index (χ3n) is 5.25. The molecule has 2 aliphatic rings. The highest BCUT2D eigenvalue weighted by Crippen LogP contribution is 2.38. The summed E-state index contributed by atoms with van der Waals surface area (Å²) < 4.78 is 44.7. The molecule has 0 amide bonds. The highest BCUT2D eigenvalue weighted by atomic mass is 19.4. The number of nitrogens with zero attached hydrogens (tertiary/aromatic N) is 2. The monoisotopic (exact) mass is 355 g/mol. The molecule has 3 rings (SSSR count). The molecule has 138 valence electrons. The van der Waals surface area contributed by atoms with Crippen LogP contribution in [0.2, 0.25) is 0 Å². The maximum atomic E-state index is 13.1. The van der Waals surface area contributed by atoms with Crippen molar-refractivity contribution in [2.45, 2.75) is 43.3 Å². The van der Waals surface area contributed by atoms with Gasteiger partial charge in [-0.1, -0.05) is 18.2 Å². The predicted molar refractivity (Wildman–Crippen MR) is 90.4 cm³/mol. The number of alkyl halides is 3. The molecule has 1 aliphatic carbocycles. The summed E-state index contributed by atoms with van der Waals surface area (Å²) in [7, 11) is 1.91. The molecule has 1 heterocycles. The molecule has 25 heavy (non-hydrogen) atoms. The number of halogens is 3. The van der Waals surface area contributed by atoms with E-state index in [2.05, 4.69) is 4.99 Å². The van der Waals surface area contributed by atoms with E-state index >= 15 is 0 Å². The molecule has 1 aliphatic heterocycles. The first-order valence-electron chi connectivity index (χ1n) is 8.60. The van der Waals surface area contributed by atoms with Crippen LogP contribution in [0.15, 0.2) is 29.3 Å². The zero-order valence-electron chi connectivity index (χ0n) is 14.4. The van der Waals surface area contributed by atoms with E-state index in [4.69, 9.17) is 10.5 Å². The number of ether oxygens (including phenoxy) is 1. The second-order valence-corrected chi connectivity index (χ2v) is 6.99. The lowest BCUT2D eigenvalue weighted by molar-refractivity contribution is -0.137. The van der Waals surface area contributed by atoms with Crippen LogP contribution in [-0.2, 0) is 16.3 Å². The van der Waals surface area contributed by atoms with E-state index in [0.717, 1.165) is 18.9 Å². The summed E-state index contributed by atoms with van der Waals surface area (Å²) in [6, 6.07) is 6.04. The van der Waals surface area contributed by atoms with Crippen molar-refractivity contribution in [3.63, 3.8) is 0 Å². The molecule has 0 spiro atoms. The van der Waals surface area contributed by atoms with Crippen molar-refractivity contribution in [2.75, 3.05) is 26.8 Å². The molecule has 4 nitrogen and oxygen atoms in total. The van der Waals surface area contributed by atoms with Gasteiger partial charge in [0.25, 0.3) is 0 Å². The van der Waals surface area contributed by atoms with Crippen LogP contribution in [0.1, 0.15) is 36.8 Å². The number of nitrogens with two attached hydrogens (primary N) is 1. The Kier molecular flexibility index (Phi) is 4.95. The SMILES string of the molecule is CN(C(N)=NCC1(c2cccc(C(F)(F)F)c2)CCOCC1)C1CC1. The summed E-state index contributed by atoms with van der Waals surface area (Å²) in [5, 5.41) is 0. The standard InChI is InChI=1S/C18H24F3N3O/c1-24(15-5-6-15)16(22)23-12-17(7-9-25-10-8-17)13-3-2-4-14(11-13)18(19,20)21/h2-4,11,15H,5-10,12H2,1H3,(H2,22,23). The van der Waals surface area contributed by atoms with E-state index in [1.54, 1.807) is 6.07 Å². The molecule has 0 radical (unpaired) electrons. The third-order valence-corrected chi connectivity index (χ3v) is 5.25. The summed E-state index contributed by atoms with van der Waals surface area (Å²) in [4.78, 5) is 6.49. The fraction of sp³-hybridized carbons (Fsp3) is 0.611. The Hall–Kier alpha value is -1.76. The summed E-state index contributed by atoms with van der Waals surface area (Å²) in [6.45, 7) is 1.41. The highest BCUT2D eigenvalue weighted by molar-refractivity contribution is 5.78. The number of aliphatic imine (C=N–C) groups is 1. The lowest BCUT2D eigenvalue weighted by atomic mass is 9.74. The third kappa shape index (κ3) is 4.08. The van der Waals surface area contributed by atoms with E-state index < -0.39 is 17.2 Å². The molecule has 0 unspecified atom stereocenters. The molecule has 1 aromatic rings. The fourth-order valence-corrected chi connectivity index (χ4v) is 3.32.